The van der Waals surface area contributed by atoms with Crippen molar-refractivity contribution >= 4 is 12.5 Å². The van der Waals surface area contributed by atoms with Gasteiger partial charge in [-0.15, -0.1) is 0 Å². The molecule has 2 nitrogen and oxygen atoms in total. The summed E-state index contributed by atoms with van der Waals surface area (Å²) in [5, 5.41) is 0. The molecule has 0 spiro atoms. The van der Waals surface area contributed by atoms with Crippen LogP contribution in [0.3, 0.4) is 0 Å². The Kier molecular flexibility index (Phi) is 2.42. The Balaban J connectivity index is 2.08. The Morgan fingerprint density at radius 3 is 3.00 bits per heavy atom. The van der Waals surface area contributed by atoms with Crippen LogP contribution < -0.4 is 5.59 Å². The Labute approximate surface area is 73.1 Å². The first-order chi connectivity index (χ1) is 5.97. The van der Waals surface area contributed by atoms with E-state index in [0.717, 1.165) is 18.5 Å². The quantitative estimate of drug-likeness (QED) is 0.575. The van der Waals surface area contributed by atoms with Gasteiger partial charge in [-0.25, -0.2) is 0 Å². The van der Waals surface area contributed by atoms with Crippen LogP contribution >= 0.6 is 0 Å². The van der Waals surface area contributed by atoms with Crippen molar-refractivity contribution in [2.45, 2.75) is 19.2 Å². The van der Waals surface area contributed by atoms with E-state index in [1.54, 1.807) is 0 Å². The molecule has 0 radical (unpaired) electrons. The van der Waals surface area contributed by atoms with E-state index in [9.17, 15) is 0 Å². The van der Waals surface area contributed by atoms with Crippen LogP contribution in [0.25, 0.3) is 0 Å². The normalized spacial score (nSPS) is 17.8. The van der Waals surface area contributed by atoms with Gasteiger partial charge in [0.1, 0.15) is 0 Å². The smallest absolute Gasteiger partial charge is 0.346 e. The fourth-order valence-corrected chi connectivity index (χ4v) is 1.54. The highest BCUT2D eigenvalue weighted by molar-refractivity contribution is 6.66. The lowest BCUT2D eigenvalue weighted by molar-refractivity contribution is 0.294. The van der Waals surface area contributed by atoms with E-state index in [2.05, 4.69) is 4.98 Å². The largest absolute Gasteiger partial charge is 0.430 e. The number of nitrogens with zero attached hydrogens (tertiary/aromatic N) is 1. The second-order valence-electron chi connectivity index (χ2n) is 3.11. The maximum Gasteiger partial charge on any atom is 0.346 e. The summed E-state index contributed by atoms with van der Waals surface area (Å²) in [6, 6.07) is 5.99. The molecule has 62 valence electrons. The molecule has 2 heterocycles. The van der Waals surface area contributed by atoms with E-state index < -0.39 is 0 Å². The van der Waals surface area contributed by atoms with Crippen molar-refractivity contribution in [3.05, 3.63) is 24.4 Å². The maximum absolute atomic E-state index is 5.60. The molecule has 1 fully saturated rings. The SMILES string of the molecule is c1ccc(B2CCCCO2)nc1. The third-order valence-electron chi connectivity index (χ3n) is 2.20. The molecule has 12 heavy (non-hydrogen) atoms. The topological polar surface area (TPSA) is 22.1 Å². The fraction of sp³-hybridized carbons (Fsp3) is 0.444. The summed E-state index contributed by atoms with van der Waals surface area (Å²) in [7, 11) is 0. The minimum Gasteiger partial charge on any atom is -0.430 e. The van der Waals surface area contributed by atoms with Gasteiger partial charge in [-0.1, -0.05) is 12.5 Å². The molecule has 1 aliphatic rings. The third kappa shape index (κ3) is 1.67. The lowest BCUT2D eigenvalue weighted by Gasteiger charge is -2.18. The molecular formula is C9H12BNO. The summed E-state index contributed by atoms with van der Waals surface area (Å²) < 4.78 is 5.60. The van der Waals surface area contributed by atoms with E-state index in [-0.39, 0.29) is 6.92 Å². The monoisotopic (exact) mass is 161 g/mol. The summed E-state index contributed by atoms with van der Waals surface area (Å²) in [4.78, 5) is 4.28. The number of hydrogen-bond donors (Lipinski definition) is 0. The van der Waals surface area contributed by atoms with Crippen molar-refractivity contribution in [2.75, 3.05) is 6.61 Å². The van der Waals surface area contributed by atoms with Gasteiger partial charge in [-0.3, -0.25) is 4.98 Å². The minimum absolute atomic E-state index is 0.250. The molecule has 1 aliphatic heterocycles. The van der Waals surface area contributed by atoms with Crippen LogP contribution in [0.15, 0.2) is 24.4 Å². The first kappa shape index (κ1) is 7.81. The van der Waals surface area contributed by atoms with Gasteiger partial charge < -0.3 is 4.65 Å². The average Bonchev–Trinajstić information content (AvgIpc) is 2.21. The molecular weight excluding hydrogens is 149 g/mol. The standard InChI is InChI=1S/C9H12BNO/c1-3-7-11-9(5-1)10-6-2-4-8-12-10/h1,3,5,7H,2,4,6,8H2. The summed E-state index contributed by atoms with van der Waals surface area (Å²) in [5.41, 5.74) is 1.08. The van der Waals surface area contributed by atoms with Gasteiger partial charge in [0, 0.05) is 18.4 Å². The van der Waals surface area contributed by atoms with Crippen LogP contribution in [0.1, 0.15) is 12.8 Å². The molecule has 0 aliphatic carbocycles. The lowest BCUT2D eigenvalue weighted by Crippen LogP contribution is -2.38. The van der Waals surface area contributed by atoms with E-state index >= 15 is 0 Å². The van der Waals surface area contributed by atoms with E-state index in [1.165, 1.54) is 12.8 Å². The van der Waals surface area contributed by atoms with Gasteiger partial charge in [-0.05, 0) is 24.9 Å². The van der Waals surface area contributed by atoms with E-state index in [4.69, 9.17) is 4.65 Å². The number of aromatic nitrogens is 1. The van der Waals surface area contributed by atoms with Gasteiger partial charge in [-0.2, -0.15) is 0 Å². The van der Waals surface area contributed by atoms with Gasteiger partial charge in [0.05, 0.1) is 0 Å². The van der Waals surface area contributed by atoms with Crippen LogP contribution in [0.4, 0.5) is 0 Å². The summed E-state index contributed by atoms with van der Waals surface area (Å²) in [6.07, 6.45) is 5.41. The fourth-order valence-electron chi connectivity index (χ4n) is 1.54. The second-order valence-corrected chi connectivity index (χ2v) is 3.11. The molecule has 0 N–H and O–H groups in total. The number of rotatable bonds is 1. The summed E-state index contributed by atoms with van der Waals surface area (Å²) >= 11 is 0. The van der Waals surface area contributed by atoms with Crippen LogP contribution in [0, 0.1) is 0 Å². The Morgan fingerprint density at radius 1 is 1.33 bits per heavy atom. The number of pyridine rings is 1. The van der Waals surface area contributed by atoms with Crippen molar-refractivity contribution in [3.63, 3.8) is 0 Å². The Hall–Kier alpha value is -0.825. The van der Waals surface area contributed by atoms with Crippen LogP contribution in [-0.4, -0.2) is 18.5 Å². The zero-order valence-electron chi connectivity index (χ0n) is 7.07. The van der Waals surface area contributed by atoms with Gasteiger partial charge >= 0.3 is 6.92 Å². The predicted octanol–water partition coefficient (Wildman–Crippen LogP) is 1.09. The molecule has 1 aromatic heterocycles. The van der Waals surface area contributed by atoms with Crippen molar-refractivity contribution < 1.29 is 4.65 Å². The zero-order chi connectivity index (χ0) is 8.23. The molecule has 2 rings (SSSR count). The molecule has 0 saturated carbocycles. The van der Waals surface area contributed by atoms with E-state index in [1.807, 2.05) is 24.4 Å². The molecule has 1 saturated heterocycles. The summed E-state index contributed by atoms with van der Waals surface area (Å²) in [5.74, 6) is 0. The van der Waals surface area contributed by atoms with E-state index in [0.29, 0.717) is 0 Å². The molecule has 0 unspecified atom stereocenters. The first-order valence-electron chi connectivity index (χ1n) is 4.49. The predicted molar refractivity (Wildman–Crippen MR) is 49.6 cm³/mol. The van der Waals surface area contributed by atoms with Crippen molar-refractivity contribution in [2.24, 2.45) is 0 Å². The molecule has 0 bridgehead atoms. The van der Waals surface area contributed by atoms with Crippen molar-refractivity contribution in [1.29, 1.82) is 0 Å². The van der Waals surface area contributed by atoms with Crippen LogP contribution in [-0.2, 0) is 4.65 Å². The lowest BCUT2D eigenvalue weighted by atomic mass is 9.59. The highest BCUT2D eigenvalue weighted by Gasteiger charge is 2.22. The Morgan fingerprint density at radius 2 is 2.33 bits per heavy atom. The van der Waals surface area contributed by atoms with Crippen molar-refractivity contribution in [1.82, 2.24) is 4.98 Å². The van der Waals surface area contributed by atoms with Gasteiger partial charge in [0.25, 0.3) is 0 Å². The number of hydrogen-bond acceptors (Lipinski definition) is 2. The summed E-state index contributed by atoms with van der Waals surface area (Å²) in [6.45, 7) is 1.14. The molecule has 3 heteroatoms. The Bertz CT molecular complexity index is 234. The minimum atomic E-state index is 0.250. The highest BCUT2D eigenvalue weighted by Crippen LogP contribution is 2.09. The molecule has 0 amide bonds. The second kappa shape index (κ2) is 3.72. The van der Waals surface area contributed by atoms with Crippen LogP contribution in [0.5, 0.6) is 0 Å². The van der Waals surface area contributed by atoms with Crippen molar-refractivity contribution in [3.8, 4) is 0 Å². The molecule has 1 aromatic rings. The average molecular weight is 161 g/mol. The third-order valence-corrected chi connectivity index (χ3v) is 2.20. The zero-order valence-corrected chi connectivity index (χ0v) is 7.07. The maximum atomic E-state index is 5.60. The van der Waals surface area contributed by atoms with Gasteiger partial charge in [0.15, 0.2) is 0 Å². The highest BCUT2D eigenvalue weighted by atomic mass is 16.4. The van der Waals surface area contributed by atoms with Crippen LogP contribution in [0.2, 0.25) is 6.32 Å². The first-order valence-corrected chi connectivity index (χ1v) is 4.49. The molecule has 0 atom stereocenters. The molecule has 0 aromatic carbocycles. The van der Waals surface area contributed by atoms with Gasteiger partial charge in [0.2, 0.25) is 0 Å².